The predicted molar refractivity (Wildman–Crippen MR) is 193 cm³/mol. The minimum atomic E-state index is -4.03. The molecule has 0 radical (unpaired) electrons. The number of aliphatic hydroxyl groups is 1. The molecule has 2 aromatic carbocycles. The average Bonchev–Trinajstić information content (AvgIpc) is 3.66. The number of hydrogen-bond acceptors (Lipinski definition) is 9. The minimum Gasteiger partial charge on any atom is -0.411 e. The summed E-state index contributed by atoms with van der Waals surface area (Å²) in [5.41, 5.74) is 2.22. The van der Waals surface area contributed by atoms with E-state index in [0.717, 1.165) is 35.5 Å². The number of aromatic nitrogens is 1. The Morgan fingerprint density at radius 2 is 1.88 bits per heavy atom. The second-order valence-corrected chi connectivity index (χ2v) is 16.4. The van der Waals surface area contributed by atoms with Gasteiger partial charge in [0.05, 0.1) is 40.5 Å². The maximum Gasteiger partial charge on any atom is 0.321 e. The van der Waals surface area contributed by atoms with Gasteiger partial charge in [-0.05, 0) is 61.3 Å². The highest BCUT2D eigenvalue weighted by Crippen LogP contribution is 2.30. The third-order valence-corrected chi connectivity index (χ3v) is 12.5. The van der Waals surface area contributed by atoms with Gasteiger partial charge in [0.25, 0.3) is 0 Å². The molecule has 12 nitrogen and oxygen atoms in total. The molecule has 3 aromatic rings. The van der Waals surface area contributed by atoms with Crippen LogP contribution in [0.5, 0.6) is 0 Å². The lowest BCUT2D eigenvalue weighted by Gasteiger charge is -2.36. The maximum absolute atomic E-state index is 14.3. The molecule has 5 rings (SSSR count). The Kier molecular flexibility index (Phi) is 12.6. The first-order valence-electron chi connectivity index (χ1n) is 17.3. The number of aliphatic hydroxyl groups excluding tert-OH is 1. The topological polar surface area (TPSA) is 156 Å². The summed E-state index contributed by atoms with van der Waals surface area (Å²) in [5.74, 6) is -0.384. The van der Waals surface area contributed by atoms with Crippen molar-refractivity contribution in [2.75, 3.05) is 26.2 Å². The molecule has 14 heteroatoms. The Morgan fingerprint density at radius 3 is 2.48 bits per heavy atom. The van der Waals surface area contributed by atoms with Gasteiger partial charge in [0.15, 0.2) is 0 Å². The van der Waals surface area contributed by atoms with Crippen molar-refractivity contribution in [3.05, 3.63) is 81.8 Å². The van der Waals surface area contributed by atoms with Crippen LogP contribution in [0.15, 0.2) is 70.0 Å². The van der Waals surface area contributed by atoms with Gasteiger partial charge in [-0.15, -0.1) is 11.3 Å². The molecule has 2 fully saturated rings. The van der Waals surface area contributed by atoms with Crippen LogP contribution in [-0.2, 0) is 27.8 Å². The van der Waals surface area contributed by atoms with Crippen LogP contribution in [0.3, 0.4) is 0 Å². The highest BCUT2D eigenvalue weighted by Gasteiger charge is 2.41. The van der Waals surface area contributed by atoms with Gasteiger partial charge in [-0.3, -0.25) is 4.79 Å². The molecule has 0 spiro atoms. The Morgan fingerprint density at radius 1 is 1.16 bits per heavy atom. The summed E-state index contributed by atoms with van der Waals surface area (Å²) in [7, 11) is -4.03. The quantitative estimate of drug-likeness (QED) is 0.105. The third kappa shape index (κ3) is 9.08. The fourth-order valence-electron chi connectivity index (χ4n) is 6.54. The van der Waals surface area contributed by atoms with Crippen LogP contribution in [-0.4, -0.2) is 100 Å². The van der Waals surface area contributed by atoms with Crippen molar-refractivity contribution in [1.82, 2.24) is 24.4 Å². The number of benzene rings is 2. The second-order valence-electron chi connectivity index (χ2n) is 13.4. The molecular formula is C36H48N6O6S2. The maximum atomic E-state index is 14.3. The van der Waals surface area contributed by atoms with Gasteiger partial charge in [-0.25, -0.2) is 18.2 Å². The monoisotopic (exact) mass is 724 g/mol. The van der Waals surface area contributed by atoms with Crippen LogP contribution < -0.4 is 5.32 Å². The zero-order valence-electron chi connectivity index (χ0n) is 28.9. The van der Waals surface area contributed by atoms with E-state index in [1.165, 1.54) is 34.0 Å². The number of rotatable bonds is 17. The summed E-state index contributed by atoms with van der Waals surface area (Å²) in [4.78, 5) is 35.8. The van der Waals surface area contributed by atoms with Crippen LogP contribution in [0.4, 0.5) is 4.79 Å². The Balaban J connectivity index is 1.38. The smallest absolute Gasteiger partial charge is 0.321 e. The lowest BCUT2D eigenvalue weighted by atomic mass is 9.85. The Hall–Kier alpha value is -3.85. The normalized spacial score (nSPS) is 18.0. The number of nitrogens with zero attached hydrogens (tertiary/aromatic N) is 5. The first-order chi connectivity index (χ1) is 24.0. The van der Waals surface area contributed by atoms with Crippen LogP contribution in [0.2, 0.25) is 0 Å². The van der Waals surface area contributed by atoms with E-state index in [0.29, 0.717) is 31.6 Å². The molecule has 50 heavy (non-hydrogen) atoms. The Labute approximate surface area is 298 Å². The van der Waals surface area contributed by atoms with E-state index in [9.17, 15) is 23.1 Å². The number of sulfonamides is 1. The van der Waals surface area contributed by atoms with Gasteiger partial charge in [0, 0.05) is 31.6 Å². The highest BCUT2D eigenvalue weighted by molar-refractivity contribution is 7.89. The van der Waals surface area contributed by atoms with E-state index in [2.05, 4.69) is 15.5 Å². The number of carbonyl (C=O) groups is 2. The standard InChI is InChI=1S/C36H48N6O6S2/c1-4-25(2)34(42-18-17-40(36(42)45)22-30-24-49-26(3)38-30)35(44)39-32(19-27-9-6-5-7-10-27)33(43)23-41(21-29-11-8-12-29)50(47,48)31-15-13-28(14-16-31)20-37-46/h5-7,9-10,13-16,20,24-25,29,32-34,43,46H,4,8,11-12,17-19,21-23H2,1-3H3,(H,39,44)/t25-,32-,33+,34-/m0/s1. The highest BCUT2D eigenvalue weighted by atomic mass is 32.2. The number of carbonyl (C=O) groups excluding carboxylic acids is 2. The second kappa shape index (κ2) is 16.9. The number of oxime groups is 1. The summed E-state index contributed by atoms with van der Waals surface area (Å²) in [6.07, 6.45) is 3.69. The van der Waals surface area contributed by atoms with Crippen molar-refractivity contribution in [2.45, 2.75) is 82.5 Å². The van der Waals surface area contributed by atoms with Crippen LogP contribution in [0, 0.1) is 18.8 Å². The largest absolute Gasteiger partial charge is 0.411 e. The van der Waals surface area contributed by atoms with Crippen molar-refractivity contribution < 1.29 is 28.3 Å². The van der Waals surface area contributed by atoms with E-state index >= 15 is 0 Å². The molecule has 3 N–H and O–H groups in total. The van der Waals surface area contributed by atoms with E-state index < -0.39 is 28.2 Å². The molecule has 1 aliphatic carbocycles. The molecule has 4 atom stereocenters. The number of amides is 3. The molecule has 1 aliphatic heterocycles. The summed E-state index contributed by atoms with van der Waals surface area (Å²) in [6, 6.07) is 13.6. The number of hydrogen-bond donors (Lipinski definition) is 3. The summed E-state index contributed by atoms with van der Waals surface area (Å²) >= 11 is 1.53. The molecule has 270 valence electrons. The van der Waals surface area contributed by atoms with Crippen LogP contribution in [0.1, 0.15) is 61.4 Å². The zero-order valence-corrected chi connectivity index (χ0v) is 30.5. The molecule has 3 amide bonds. The average molecular weight is 725 g/mol. The van der Waals surface area contributed by atoms with E-state index in [1.54, 1.807) is 21.9 Å². The number of nitrogens with one attached hydrogen (secondary N) is 1. The first-order valence-corrected chi connectivity index (χ1v) is 19.6. The summed E-state index contributed by atoms with van der Waals surface area (Å²) < 4.78 is 29.4. The van der Waals surface area contributed by atoms with Crippen molar-refractivity contribution in [3.8, 4) is 0 Å². The van der Waals surface area contributed by atoms with Gasteiger partial charge >= 0.3 is 6.03 Å². The van der Waals surface area contributed by atoms with Crippen molar-refractivity contribution >= 4 is 39.5 Å². The van der Waals surface area contributed by atoms with Crippen LogP contribution in [0.25, 0.3) is 0 Å². The third-order valence-electron chi connectivity index (χ3n) is 9.83. The van der Waals surface area contributed by atoms with Crippen molar-refractivity contribution in [1.29, 1.82) is 0 Å². The van der Waals surface area contributed by atoms with E-state index in [-0.39, 0.29) is 48.2 Å². The molecule has 1 aromatic heterocycles. The molecule has 0 bridgehead atoms. The van der Waals surface area contributed by atoms with Crippen molar-refractivity contribution in [3.63, 3.8) is 0 Å². The number of aryl methyl sites for hydroxylation is 1. The van der Waals surface area contributed by atoms with Gasteiger partial charge in [0.2, 0.25) is 15.9 Å². The van der Waals surface area contributed by atoms with Crippen LogP contribution >= 0.6 is 11.3 Å². The molecule has 1 saturated carbocycles. The number of thiazole rings is 1. The van der Waals surface area contributed by atoms with E-state index in [4.69, 9.17) is 5.21 Å². The number of urea groups is 1. The predicted octanol–water partition coefficient (Wildman–Crippen LogP) is 4.49. The minimum absolute atomic E-state index is 0.0597. The lowest BCUT2D eigenvalue weighted by molar-refractivity contribution is -0.128. The molecule has 1 saturated heterocycles. The first kappa shape index (κ1) is 37.4. The van der Waals surface area contributed by atoms with Gasteiger partial charge in [0.1, 0.15) is 6.04 Å². The lowest BCUT2D eigenvalue weighted by Crippen LogP contribution is -2.57. The van der Waals surface area contributed by atoms with Gasteiger partial charge in [-0.2, -0.15) is 4.31 Å². The summed E-state index contributed by atoms with van der Waals surface area (Å²) in [5, 5.41) is 29.7. The molecule has 2 heterocycles. The summed E-state index contributed by atoms with van der Waals surface area (Å²) in [6.45, 7) is 7.07. The fraction of sp³-hybridized carbons (Fsp3) is 0.500. The van der Waals surface area contributed by atoms with Gasteiger partial charge in [-0.1, -0.05) is 74.3 Å². The molecule has 2 aliphatic rings. The van der Waals surface area contributed by atoms with Crippen molar-refractivity contribution in [2.24, 2.45) is 17.0 Å². The Bertz CT molecular complexity index is 1710. The molecular weight excluding hydrogens is 677 g/mol. The zero-order chi connectivity index (χ0) is 35.8. The fourth-order valence-corrected chi connectivity index (χ4v) is 8.68. The van der Waals surface area contributed by atoms with E-state index in [1.807, 2.05) is 56.5 Å². The SMILES string of the molecule is CC[C@H](C)[C@@H](C(=O)N[C@@H](Cc1ccccc1)[C@H](O)CN(CC1CCC1)S(=O)(=O)c1ccc(C=NO)cc1)N1CCN(Cc2csc(C)n2)C1=O. The van der Waals surface area contributed by atoms with Gasteiger partial charge < -0.3 is 25.4 Å². The molecule has 0 unspecified atom stereocenters.